The van der Waals surface area contributed by atoms with Crippen LogP contribution in [0.1, 0.15) is 111 Å². The molecule has 0 amide bonds. The van der Waals surface area contributed by atoms with E-state index in [-0.39, 0.29) is 16.6 Å². The molecule has 3 saturated carbocycles. The van der Waals surface area contributed by atoms with Crippen molar-refractivity contribution in [3.05, 3.63) is 53.0 Å². The summed E-state index contributed by atoms with van der Waals surface area (Å²) in [5.74, 6) is 4.82. The Labute approximate surface area is 249 Å². The lowest BCUT2D eigenvalue weighted by Gasteiger charge is -2.58. The maximum Gasteiger partial charge on any atom is 0.291 e. The lowest BCUT2D eigenvalue weighted by molar-refractivity contribution is -0.0556. The monoisotopic (exact) mass is 586 g/mol. The Bertz CT molecular complexity index is 1200. The van der Waals surface area contributed by atoms with Crippen LogP contribution in [-0.4, -0.2) is 14.5 Å². The van der Waals surface area contributed by atoms with E-state index in [0.29, 0.717) is 23.3 Å². The Morgan fingerprint density at radius 2 is 1.77 bits per heavy atom. The average molecular weight is 587 g/mol. The fraction of sp³-hybridized carbons (Fsp3) is 0.714. The van der Waals surface area contributed by atoms with Gasteiger partial charge < -0.3 is 0 Å². The second-order valence-electron chi connectivity index (χ2n) is 14.6. The topological polar surface area (TPSA) is 43.4 Å². The zero-order valence-corrected chi connectivity index (χ0v) is 26.9. The number of rotatable bonds is 9. The molecule has 3 fully saturated rings. The predicted octanol–water partition coefficient (Wildman–Crippen LogP) is 9.98. The summed E-state index contributed by atoms with van der Waals surface area (Å²) in [5.41, 5.74) is 2.78. The van der Waals surface area contributed by atoms with Crippen molar-refractivity contribution >= 4 is 26.8 Å². The maximum atomic E-state index is 12.9. The van der Waals surface area contributed by atoms with E-state index in [1.54, 1.807) is 12.1 Å². The fourth-order valence-corrected chi connectivity index (χ4v) is 11.2. The molecule has 0 heterocycles. The van der Waals surface area contributed by atoms with Crippen LogP contribution in [0.15, 0.2) is 47.4 Å². The van der Waals surface area contributed by atoms with Gasteiger partial charge in [-0.1, -0.05) is 107 Å². The summed E-state index contributed by atoms with van der Waals surface area (Å²) < 4.78 is 31.5. The Balaban J connectivity index is 1.25. The summed E-state index contributed by atoms with van der Waals surface area (Å²) in [4.78, 5) is 0. The van der Waals surface area contributed by atoms with Gasteiger partial charge in [0, 0.05) is 0 Å². The smallest absolute Gasteiger partial charge is 0.263 e. The minimum atomic E-state index is -3.88. The molecule has 0 aliphatic heterocycles. The Kier molecular flexibility index (Phi) is 9.02. The summed E-state index contributed by atoms with van der Waals surface area (Å²) in [7, 11) is -3.88. The Hall–Kier alpha value is -1.10. The predicted molar refractivity (Wildman–Crippen MR) is 167 cm³/mol. The maximum absolute atomic E-state index is 12.9. The molecule has 0 N–H and O–H groups in total. The van der Waals surface area contributed by atoms with Crippen molar-refractivity contribution in [3.8, 4) is 0 Å². The third kappa shape index (κ3) is 6.02. The third-order valence-electron chi connectivity index (χ3n) is 11.8. The van der Waals surface area contributed by atoms with Crippen LogP contribution < -0.4 is 0 Å². The normalized spacial score (nSPS) is 36.9. The number of halogens is 1. The SMILES string of the molecule is CC(C)CCC[C@@H](C)[C@H]1CC[C@H]2[C@@H]3CC=C4C[C@@H](OS(=O)(=O)/C=C(\Cl)c5ccccc5)CC[C@]4(C)[C@H]3CC[C@]12C. The summed E-state index contributed by atoms with van der Waals surface area (Å²) in [6.45, 7) is 12.4. The molecule has 0 aromatic heterocycles. The van der Waals surface area contributed by atoms with Gasteiger partial charge in [-0.2, -0.15) is 8.42 Å². The van der Waals surface area contributed by atoms with Gasteiger partial charge in [0.1, 0.15) is 0 Å². The van der Waals surface area contributed by atoms with E-state index < -0.39 is 10.1 Å². The lowest BCUT2D eigenvalue weighted by atomic mass is 9.47. The summed E-state index contributed by atoms with van der Waals surface area (Å²) in [6.07, 6.45) is 15.5. The van der Waals surface area contributed by atoms with Crippen LogP contribution >= 0.6 is 11.6 Å². The molecule has 0 unspecified atom stereocenters. The van der Waals surface area contributed by atoms with E-state index in [1.807, 2.05) is 18.2 Å². The molecule has 0 spiro atoms. The van der Waals surface area contributed by atoms with Crippen LogP contribution in [0.2, 0.25) is 0 Å². The number of fused-ring (bicyclic) bond motifs is 5. The average Bonchev–Trinajstić information content (AvgIpc) is 3.26. The first-order chi connectivity index (χ1) is 18.9. The molecular weight excluding hydrogens is 536 g/mol. The highest BCUT2D eigenvalue weighted by atomic mass is 35.5. The van der Waals surface area contributed by atoms with E-state index >= 15 is 0 Å². The molecule has 4 aliphatic carbocycles. The van der Waals surface area contributed by atoms with Gasteiger partial charge in [0.25, 0.3) is 10.1 Å². The molecule has 5 rings (SSSR count). The van der Waals surface area contributed by atoms with Crippen molar-refractivity contribution in [1.82, 2.24) is 0 Å². The molecule has 5 heteroatoms. The standard InChI is InChI=1S/C35H51ClO3S/c1-24(2)10-9-11-25(3)30-16-17-31-29-15-14-27-22-28(18-20-34(27,4)32(29)19-21-35(30,31)5)39-40(37,38)23-33(36)26-12-7-6-8-13-26/h6-8,12-14,23-25,28-32H,9-11,15-22H2,1-5H3/b33-23-/t25-,28+,29+,30-,31+,32+,34+,35-/m1/s1. The molecule has 0 saturated heterocycles. The first-order valence-electron chi connectivity index (χ1n) is 16.0. The molecule has 0 radical (unpaired) electrons. The highest BCUT2D eigenvalue weighted by Gasteiger charge is 2.59. The van der Waals surface area contributed by atoms with Crippen LogP contribution in [0.25, 0.3) is 5.03 Å². The van der Waals surface area contributed by atoms with Gasteiger partial charge >= 0.3 is 0 Å². The summed E-state index contributed by atoms with van der Waals surface area (Å²) >= 11 is 6.33. The van der Waals surface area contributed by atoms with E-state index in [1.165, 1.54) is 50.5 Å². The minimum Gasteiger partial charge on any atom is -0.263 e. The molecule has 8 atom stereocenters. The molecule has 40 heavy (non-hydrogen) atoms. The fourth-order valence-electron chi connectivity index (χ4n) is 9.74. The second-order valence-corrected chi connectivity index (χ2v) is 16.4. The number of hydrogen-bond donors (Lipinski definition) is 0. The summed E-state index contributed by atoms with van der Waals surface area (Å²) in [5, 5.41) is 1.26. The molecule has 1 aromatic rings. The number of hydrogen-bond acceptors (Lipinski definition) is 3. The van der Waals surface area contributed by atoms with Crippen molar-refractivity contribution < 1.29 is 12.6 Å². The quantitative estimate of drug-likeness (QED) is 0.213. The van der Waals surface area contributed by atoms with E-state index in [4.69, 9.17) is 15.8 Å². The van der Waals surface area contributed by atoms with Crippen LogP contribution in [-0.2, 0) is 14.3 Å². The first kappa shape index (κ1) is 30.4. The first-order valence-corrected chi connectivity index (χ1v) is 17.8. The van der Waals surface area contributed by atoms with E-state index in [2.05, 4.69) is 40.7 Å². The molecule has 0 bridgehead atoms. The zero-order valence-electron chi connectivity index (χ0n) is 25.4. The van der Waals surface area contributed by atoms with E-state index in [9.17, 15) is 8.42 Å². The second kappa shape index (κ2) is 11.9. The number of benzene rings is 1. The largest absolute Gasteiger partial charge is 0.291 e. The summed E-state index contributed by atoms with van der Waals surface area (Å²) in [6, 6.07) is 9.18. The van der Waals surface area contributed by atoms with E-state index in [0.717, 1.165) is 54.3 Å². The molecule has 4 aliphatic rings. The van der Waals surface area contributed by atoms with Gasteiger partial charge in [0.05, 0.1) is 16.5 Å². The molecule has 222 valence electrons. The van der Waals surface area contributed by atoms with Gasteiger partial charge in [-0.15, -0.1) is 0 Å². The van der Waals surface area contributed by atoms with Crippen molar-refractivity contribution in [1.29, 1.82) is 0 Å². The highest BCUT2D eigenvalue weighted by molar-refractivity contribution is 7.90. The zero-order chi connectivity index (χ0) is 28.7. The Morgan fingerprint density at radius 1 is 1.02 bits per heavy atom. The molecular formula is C35H51ClO3S. The molecule has 1 aromatic carbocycles. The van der Waals surface area contributed by atoms with Gasteiger partial charge in [-0.25, -0.2) is 0 Å². The van der Waals surface area contributed by atoms with Crippen LogP contribution in [0, 0.1) is 46.3 Å². The van der Waals surface area contributed by atoms with Crippen LogP contribution in [0.5, 0.6) is 0 Å². The minimum absolute atomic E-state index is 0.173. The lowest BCUT2D eigenvalue weighted by Crippen LogP contribution is -2.51. The van der Waals surface area contributed by atoms with Gasteiger partial charge in [0.2, 0.25) is 0 Å². The van der Waals surface area contributed by atoms with Crippen molar-refractivity contribution in [2.24, 2.45) is 46.3 Å². The van der Waals surface area contributed by atoms with Crippen LogP contribution in [0.3, 0.4) is 0 Å². The molecule has 3 nitrogen and oxygen atoms in total. The van der Waals surface area contributed by atoms with Gasteiger partial charge in [-0.05, 0) is 103 Å². The number of allylic oxidation sites excluding steroid dienone is 1. The highest BCUT2D eigenvalue weighted by Crippen LogP contribution is 2.67. The van der Waals surface area contributed by atoms with Gasteiger partial charge in [-0.3, -0.25) is 4.18 Å². The van der Waals surface area contributed by atoms with Gasteiger partial charge in [0.15, 0.2) is 0 Å². The van der Waals surface area contributed by atoms with Crippen molar-refractivity contribution in [2.75, 3.05) is 0 Å². The van der Waals surface area contributed by atoms with Crippen molar-refractivity contribution in [2.45, 2.75) is 111 Å². The third-order valence-corrected chi connectivity index (χ3v) is 13.3. The van der Waals surface area contributed by atoms with Crippen molar-refractivity contribution in [3.63, 3.8) is 0 Å². The van der Waals surface area contributed by atoms with Crippen LogP contribution in [0.4, 0.5) is 0 Å². The Morgan fingerprint density at radius 3 is 2.50 bits per heavy atom.